The first-order valence-corrected chi connectivity index (χ1v) is 8.09. The van der Waals surface area contributed by atoms with Crippen LogP contribution in [-0.2, 0) is 0 Å². The molecular formula is C15H30N4. The van der Waals surface area contributed by atoms with Gasteiger partial charge in [-0.3, -0.25) is 4.90 Å². The topological polar surface area (TPSA) is 21.8 Å². The second-order valence-electron chi connectivity index (χ2n) is 6.75. The van der Waals surface area contributed by atoms with Gasteiger partial charge in [-0.25, -0.2) is 0 Å². The molecule has 2 atom stereocenters. The first kappa shape index (κ1) is 13.8. The Labute approximate surface area is 118 Å². The van der Waals surface area contributed by atoms with E-state index < -0.39 is 0 Å². The van der Waals surface area contributed by atoms with Crippen molar-refractivity contribution in [1.82, 2.24) is 20.0 Å². The average Bonchev–Trinajstić information content (AvgIpc) is 2.68. The third kappa shape index (κ3) is 3.13. The molecule has 0 aliphatic carbocycles. The first-order valence-electron chi connectivity index (χ1n) is 8.09. The van der Waals surface area contributed by atoms with Gasteiger partial charge in [0.2, 0.25) is 0 Å². The van der Waals surface area contributed by atoms with E-state index in [1.165, 1.54) is 65.0 Å². The maximum Gasteiger partial charge on any atom is 0.0122 e. The van der Waals surface area contributed by atoms with Crippen LogP contribution < -0.4 is 5.32 Å². The molecule has 4 nitrogen and oxygen atoms in total. The fraction of sp³-hybridized carbons (Fsp3) is 1.00. The van der Waals surface area contributed by atoms with E-state index in [9.17, 15) is 0 Å². The fourth-order valence-electron chi connectivity index (χ4n) is 4.16. The fourth-order valence-corrected chi connectivity index (χ4v) is 4.16. The quantitative estimate of drug-likeness (QED) is 0.797. The predicted octanol–water partition coefficient (Wildman–Crippen LogP) is 0.449. The van der Waals surface area contributed by atoms with Crippen molar-refractivity contribution < 1.29 is 0 Å². The van der Waals surface area contributed by atoms with Gasteiger partial charge in [-0.1, -0.05) is 0 Å². The maximum absolute atomic E-state index is 3.43. The molecule has 0 aromatic heterocycles. The van der Waals surface area contributed by atoms with E-state index >= 15 is 0 Å². The Bertz CT molecular complexity index is 276. The highest BCUT2D eigenvalue weighted by Crippen LogP contribution is 2.35. The number of hydrogen-bond donors (Lipinski definition) is 1. The molecule has 0 amide bonds. The van der Waals surface area contributed by atoms with E-state index in [1.54, 1.807) is 0 Å². The van der Waals surface area contributed by atoms with Crippen molar-refractivity contribution in [3.63, 3.8) is 0 Å². The minimum absolute atomic E-state index is 0.830. The number of hydrogen-bond acceptors (Lipinski definition) is 4. The Morgan fingerprint density at radius 1 is 1.11 bits per heavy atom. The predicted molar refractivity (Wildman–Crippen MR) is 79.5 cm³/mol. The van der Waals surface area contributed by atoms with Gasteiger partial charge < -0.3 is 15.1 Å². The van der Waals surface area contributed by atoms with Crippen LogP contribution in [0, 0.1) is 0 Å². The van der Waals surface area contributed by atoms with Crippen molar-refractivity contribution in [3.8, 4) is 0 Å². The molecule has 0 spiro atoms. The molecule has 4 heteroatoms. The van der Waals surface area contributed by atoms with Crippen LogP contribution in [0.5, 0.6) is 0 Å². The summed E-state index contributed by atoms with van der Waals surface area (Å²) in [6.07, 6.45) is 5.66. The van der Waals surface area contributed by atoms with Crippen LogP contribution in [0.4, 0.5) is 0 Å². The SMILES string of the molecule is CN(CCN1CCNCC1)C1CC2CCC(C1)N2C. The number of piperazine rings is 1. The van der Waals surface area contributed by atoms with Crippen LogP contribution in [0.1, 0.15) is 25.7 Å². The lowest BCUT2D eigenvalue weighted by atomic mass is 9.97. The Morgan fingerprint density at radius 3 is 2.37 bits per heavy atom. The van der Waals surface area contributed by atoms with Crippen molar-refractivity contribution >= 4 is 0 Å². The van der Waals surface area contributed by atoms with E-state index in [-0.39, 0.29) is 0 Å². The molecule has 2 bridgehead atoms. The summed E-state index contributed by atoms with van der Waals surface area (Å²) in [6, 6.07) is 2.56. The Morgan fingerprint density at radius 2 is 1.74 bits per heavy atom. The molecule has 3 aliphatic rings. The van der Waals surface area contributed by atoms with Gasteiger partial charge in [0.05, 0.1) is 0 Å². The summed E-state index contributed by atoms with van der Waals surface area (Å²) >= 11 is 0. The lowest BCUT2D eigenvalue weighted by Crippen LogP contribution is -2.50. The maximum atomic E-state index is 3.43. The number of piperidine rings is 1. The zero-order valence-electron chi connectivity index (χ0n) is 12.6. The zero-order chi connectivity index (χ0) is 13.2. The summed E-state index contributed by atoms with van der Waals surface area (Å²) < 4.78 is 0. The van der Waals surface area contributed by atoms with Gasteiger partial charge in [-0.15, -0.1) is 0 Å². The van der Waals surface area contributed by atoms with Crippen molar-refractivity contribution in [1.29, 1.82) is 0 Å². The van der Waals surface area contributed by atoms with Gasteiger partial charge >= 0.3 is 0 Å². The number of nitrogens with one attached hydrogen (secondary N) is 1. The van der Waals surface area contributed by atoms with Crippen LogP contribution in [-0.4, -0.2) is 86.2 Å². The smallest absolute Gasteiger partial charge is 0.0122 e. The molecule has 3 rings (SSSR count). The molecule has 3 fully saturated rings. The largest absolute Gasteiger partial charge is 0.314 e. The lowest BCUT2D eigenvalue weighted by Gasteiger charge is -2.41. The highest BCUT2D eigenvalue weighted by atomic mass is 15.3. The molecule has 3 aliphatic heterocycles. The van der Waals surface area contributed by atoms with Crippen LogP contribution in [0.3, 0.4) is 0 Å². The van der Waals surface area contributed by atoms with Gasteiger partial charge in [0.15, 0.2) is 0 Å². The van der Waals surface area contributed by atoms with Gasteiger partial charge in [-0.2, -0.15) is 0 Å². The molecular weight excluding hydrogens is 236 g/mol. The van der Waals surface area contributed by atoms with E-state index in [1.807, 2.05) is 0 Å². The molecule has 0 aromatic carbocycles. The standard InChI is InChI=1S/C15H30N4/c1-17(9-10-19-7-5-16-6-8-19)15-11-13-3-4-14(12-15)18(13)2/h13-16H,3-12H2,1-2H3. The van der Waals surface area contributed by atoms with Crippen LogP contribution in [0.2, 0.25) is 0 Å². The molecule has 0 radical (unpaired) electrons. The minimum atomic E-state index is 0.830. The van der Waals surface area contributed by atoms with Crippen LogP contribution in [0.25, 0.3) is 0 Å². The van der Waals surface area contributed by atoms with E-state index in [0.717, 1.165) is 18.1 Å². The summed E-state index contributed by atoms with van der Waals surface area (Å²) in [7, 11) is 4.68. The highest BCUT2D eigenvalue weighted by molar-refractivity contribution is 4.96. The molecule has 3 heterocycles. The Hall–Kier alpha value is -0.160. The van der Waals surface area contributed by atoms with E-state index in [4.69, 9.17) is 0 Å². The molecule has 1 N–H and O–H groups in total. The molecule has 3 saturated heterocycles. The first-order chi connectivity index (χ1) is 9.24. The normalized spacial score (nSPS) is 37.1. The van der Waals surface area contributed by atoms with Crippen molar-refractivity contribution in [2.24, 2.45) is 0 Å². The molecule has 0 saturated carbocycles. The minimum Gasteiger partial charge on any atom is -0.314 e. The Balaban J connectivity index is 1.44. The van der Waals surface area contributed by atoms with Crippen molar-refractivity contribution in [2.75, 3.05) is 53.4 Å². The summed E-state index contributed by atoms with van der Waals surface area (Å²) in [4.78, 5) is 7.89. The number of nitrogens with zero attached hydrogens (tertiary/aromatic N) is 3. The number of fused-ring (bicyclic) bond motifs is 2. The average molecular weight is 266 g/mol. The van der Waals surface area contributed by atoms with E-state index in [0.29, 0.717) is 0 Å². The van der Waals surface area contributed by atoms with Gasteiger partial charge in [0, 0.05) is 57.4 Å². The Kier molecular flexibility index (Phi) is 4.42. The third-order valence-corrected chi connectivity index (χ3v) is 5.68. The molecule has 19 heavy (non-hydrogen) atoms. The monoisotopic (exact) mass is 266 g/mol. The van der Waals surface area contributed by atoms with E-state index in [2.05, 4.69) is 34.1 Å². The van der Waals surface area contributed by atoms with Gasteiger partial charge in [0.25, 0.3) is 0 Å². The summed E-state index contributed by atoms with van der Waals surface area (Å²) in [5, 5.41) is 3.43. The second kappa shape index (κ2) is 6.08. The van der Waals surface area contributed by atoms with Crippen molar-refractivity contribution in [2.45, 2.75) is 43.8 Å². The summed E-state index contributed by atoms with van der Waals surface area (Å²) in [6.45, 7) is 7.29. The zero-order valence-corrected chi connectivity index (χ0v) is 12.6. The molecule has 110 valence electrons. The number of likely N-dealkylation sites (N-methyl/N-ethyl adjacent to an activating group) is 1. The summed E-state index contributed by atoms with van der Waals surface area (Å²) in [5.74, 6) is 0. The van der Waals surface area contributed by atoms with Crippen LogP contribution in [0.15, 0.2) is 0 Å². The highest BCUT2D eigenvalue weighted by Gasteiger charge is 2.39. The molecule has 0 aromatic rings. The van der Waals surface area contributed by atoms with Gasteiger partial charge in [-0.05, 0) is 39.8 Å². The number of rotatable bonds is 4. The van der Waals surface area contributed by atoms with Crippen LogP contribution >= 0.6 is 0 Å². The van der Waals surface area contributed by atoms with Gasteiger partial charge in [0.1, 0.15) is 0 Å². The summed E-state index contributed by atoms with van der Waals surface area (Å²) in [5.41, 5.74) is 0. The molecule has 2 unspecified atom stereocenters. The van der Waals surface area contributed by atoms with Crippen molar-refractivity contribution in [3.05, 3.63) is 0 Å². The lowest BCUT2D eigenvalue weighted by molar-refractivity contribution is 0.0823. The second-order valence-corrected chi connectivity index (χ2v) is 6.75. The third-order valence-electron chi connectivity index (χ3n) is 5.68.